The van der Waals surface area contributed by atoms with Crippen LogP contribution in [0.2, 0.25) is 0 Å². The molecule has 5 nitrogen and oxygen atoms in total. The van der Waals surface area contributed by atoms with E-state index in [1.165, 1.54) is 0 Å². The fourth-order valence-corrected chi connectivity index (χ4v) is 1.96. The van der Waals surface area contributed by atoms with E-state index in [4.69, 9.17) is 9.84 Å². The summed E-state index contributed by atoms with van der Waals surface area (Å²) >= 11 is 0. The summed E-state index contributed by atoms with van der Waals surface area (Å²) in [5, 5.41) is 8.59. The van der Waals surface area contributed by atoms with E-state index in [1.54, 1.807) is 19.1 Å². The molecule has 0 heterocycles. The van der Waals surface area contributed by atoms with Gasteiger partial charge in [0.05, 0.1) is 13.0 Å². The molecule has 0 aliphatic rings. The molecule has 110 valence electrons. The Morgan fingerprint density at radius 1 is 1.40 bits per heavy atom. The van der Waals surface area contributed by atoms with Gasteiger partial charge in [0.2, 0.25) is 5.91 Å². The van der Waals surface area contributed by atoms with Crippen LogP contribution in [-0.2, 0) is 9.59 Å². The topological polar surface area (TPSA) is 66.8 Å². The van der Waals surface area contributed by atoms with Crippen molar-refractivity contribution in [3.8, 4) is 5.75 Å². The highest BCUT2D eigenvalue weighted by Gasteiger charge is 2.19. The molecule has 0 radical (unpaired) electrons. The number of carboxylic acid groups (broad SMARTS) is 1. The van der Waals surface area contributed by atoms with Gasteiger partial charge in [-0.2, -0.15) is 0 Å². The van der Waals surface area contributed by atoms with E-state index >= 15 is 0 Å². The molecule has 1 N–H and O–H groups in total. The molecule has 0 bridgehead atoms. The van der Waals surface area contributed by atoms with Gasteiger partial charge in [-0.1, -0.05) is 12.1 Å². The third kappa shape index (κ3) is 4.57. The molecule has 1 atom stereocenters. The second kappa shape index (κ2) is 7.53. The van der Waals surface area contributed by atoms with Crippen molar-refractivity contribution in [2.45, 2.75) is 25.7 Å². The van der Waals surface area contributed by atoms with Gasteiger partial charge in [0.25, 0.3) is 0 Å². The second-order valence-electron chi connectivity index (χ2n) is 4.76. The summed E-state index contributed by atoms with van der Waals surface area (Å²) in [6, 6.07) is 7.41. The van der Waals surface area contributed by atoms with Crippen LogP contribution in [0.4, 0.5) is 0 Å². The van der Waals surface area contributed by atoms with Gasteiger partial charge in [0, 0.05) is 20.0 Å². The van der Waals surface area contributed by atoms with Crippen LogP contribution in [0.25, 0.3) is 0 Å². The normalized spacial score (nSPS) is 11.8. The number of hydrogen-bond donors (Lipinski definition) is 1. The number of aliphatic carboxylic acids is 1. The Kier molecular flexibility index (Phi) is 6.03. The molecule has 0 saturated carbocycles. The minimum atomic E-state index is -0.841. The number of benzene rings is 1. The Morgan fingerprint density at radius 2 is 2.10 bits per heavy atom. The SMILES string of the molecule is COc1cccc(C(C)C(=O)N(C)CCCC(=O)O)c1. The Bertz CT molecular complexity index is 473. The minimum absolute atomic E-state index is 0.0244. The molecule has 1 aromatic rings. The molecule has 1 aromatic carbocycles. The maximum Gasteiger partial charge on any atom is 0.303 e. The van der Waals surface area contributed by atoms with Crippen molar-refractivity contribution in [1.29, 1.82) is 0 Å². The Labute approximate surface area is 119 Å². The van der Waals surface area contributed by atoms with E-state index in [1.807, 2.05) is 31.2 Å². The van der Waals surface area contributed by atoms with E-state index < -0.39 is 5.97 Å². The molecular weight excluding hydrogens is 258 g/mol. The number of methoxy groups -OCH3 is 1. The summed E-state index contributed by atoms with van der Waals surface area (Å²) < 4.78 is 5.15. The number of hydrogen-bond acceptors (Lipinski definition) is 3. The van der Waals surface area contributed by atoms with Gasteiger partial charge in [-0.05, 0) is 31.0 Å². The molecule has 5 heteroatoms. The fourth-order valence-electron chi connectivity index (χ4n) is 1.96. The average Bonchev–Trinajstić information content (AvgIpc) is 2.45. The molecule has 1 rings (SSSR count). The molecule has 1 amide bonds. The van der Waals surface area contributed by atoms with Crippen LogP contribution in [0.1, 0.15) is 31.2 Å². The van der Waals surface area contributed by atoms with Crippen LogP contribution < -0.4 is 4.74 Å². The number of nitrogens with zero attached hydrogens (tertiary/aromatic N) is 1. The highest BCUT2D eigenvalue weighted by atomic mass is 16.5. The lowest BCUT2D eigenvalue weighted by molar-refractivity contribution is -0.138. The quantitative estimate of drug-likeness (QED) is 0.830. The maximum atomic E-state index is 12.3. The standard InChI is InChI=1S/C15H21NO4/c1-11(12-6-4-7-13(10-12)20-3)15(19)16(2)9-5-8-14(17)18/h4,6-7,10-11H,5,8-9H2,1-3H3,(H,17,18). The summed E-state index contributed by atoms with van der Waals surface area (Å²) in [5.74, 6) is -0.425. The van der Waals surface area contributed by atoms with Gasteiger partial charge in [0.1, 0.15) is 5.75 Å². The van der Waals surface area contributed by atoms with E-state index in [9.17, 15) is 9.59 Å². The van der Waals surface area contributed by atoms with Crippen molar-refractivity contribution in [1.82, 2.24) is 4.90 Å². The third-order valence-corrected chi connectivity index (χ3v) is 3.22. The molecule has 20 heavy (non-hydrogen) atoms. The molecule has 0 aliphatic heterocycles. The molecule has 0 aliphatic carbocycles. The number of carbonyl (C=O) groups excluding carboxylic acids is 1. The number of carbonyl (C=O) groups is 2. The zero-order chi connectivity index (χ0) is 15.1. The number of rotatable bonds is 7. The molecular formula is C15H21NO4. The first kappa shape index (κ1) is 16.0. The van der Waals surface area contributed by atoms with Gasteiger partial charge in [-0.25, -0.2) is 0 Å². The highest BCUT2D eigenvalue weighted by molar-refractivity contribution is 5.83. The van der Waals surface area contributed by atoms with Crippen molar-refractivity contribution in [3.63, 3.8) is 0 Å². The van der Waals surface area contributed by atoms with Gasteiger partial charge in [-0.3, -0.25) is 9.59 Å². The molecule has 0 saturated heterocycles. The predicted octanol–water partition coefficient (Wildman–Crippen LogP) is 2.12. The van der Waals surface area contributed by atoms with Crippen molar-refractivity contribution >= 4 is 11.9 Å². The lowest BCUT2D eigenvalue weighted by Crippen LogP contribution is -2.31. The molecule has 0 aromatic heterocycles. The van der Waals surface area contributed by atoms with E-state index in [0.717, 1.165) is 11.3 Å². The molecule has 0 fully saturated rings. The van der Waals surface area contributed by atoms with Gasteiger partial charge < -0.3 is 14.7 Å². The lowest BCUT2D eigenvalue weighted by atomic mass is 9.99. The van der Waals surface area contributed by atoms with Crippen molar-refractivity contribution in [2.24, 2.45) is 0 Å². The van der Waals surface area contributed by atoms with Gasteiger partial charge in [-0.15, -0.1) is 0 Å². The maximum absolute atomic E-state index is 12.3. The first-order valence-corrected chi connectivity index (χ1v) is 6.56. The number of carboxylic acids is 1. The number of ether oxygens (including phenoxy) is 1. The van der Waals surface area contributed by atoms with Crippen LogP contribution in [0.15, 0.2) is 24.3 Å². The number of amides is 1. The zero-order valence-corrected chi connectivity index (χ0v) is 12.1. The monoisotopic (exact) mass is 279 g/mol. The summed E-state index contributed by atoms with van der Waals surface area (Å²) in [7, 11) is 3.28. The van der Waals surface area contributed by atoms with Crippen molar-refractivity contribution in [2.75, 3.05) is 20.7 Å². The van der Waals surface area contributed by atoms with Crippen LogP contribution >= 0.6 is 0 Å². The van der Waals surface area contributed by atoms with E-state index in [-0.39, 0.29) is 18.2 Å². The predicted molar refractivity (Wildman–Crippen MR) is 75.9 cm³/mol. The summed E-state index contributed by atoms with van der Waals surface area (Å²) in [5.41, 5.74) is 0.888. The fraction of sp³-hybridized carbons (Fsp3) is 0.467. The Morgan fingerprint density at radius 3 is 2.70 bits per heavy atom. The summed E-state index contributed by atoms with van der Waals surface area (Å²) in [6.45, 7) is 2.28. The third-order valence-electron chi connectivity index (χ3n) is 3.22. The number of likely N-dealkylation sites (N-methyl/N-ethyl adjacent to an activating group) is 1. The second-order valence-corrected chi connectivity index (χ2v) is 4.76. The van der Waals surface area contributed by atoms with E-state index in [0.29, 0.717) is 13.0 Å². The largest absolute Gasteiger partial charge is 0.497 e. The summed E-state index contributed by atoms with van der Waals surface area (Å²) in [6.07, 6.45) is 0.535. The summed E-state index contributed by atoms with van der Waals surface area (Å²) in [4.78, 5) is 24.3. The molecule has 1 unspecified atom stereocenters. The Hall–Kier alpha value is -2.04. The highest BCUT2D eigenvalue weighted by Crippen LogP contribution is 2.22. The van der Waals surface area contributed by atoms with E-state index in [2.05, 4.69) is 0 Å². The van der Waals surface area contributed by atoms with Crippen LogP contribution in [0.5, 0.6) is 5.75 Å². The van der Waals surface area contributed by atoms with Crippen LogP contribution in [-0.4, -0.2) is 42.6 Å². The van der Waals surface area contributed by atoms with Gasteiger partial charge >= 0.3 is 5.97 Å². The first-order chi connectivity index (χ1) is 9.45. The first-order valence-electron chi connectivity index (χ1n) is 6.56. The zero-order valence-electron chi connectivity index (χ0n) is 12.1. The average molecular weight is 279 g/mol. The minimum Gasteiger partial charge on any atom is -0.497 e. The molecule has 0 spiro atoms. The van der Waals surface area contributed by atoms with Crippen LogP contribution in [0.3, 0.4) is 0 Å². The van der Waals surface area contributed by atoms with Crippen molar-refractivity contribution in [3.05, 3.63) is 29.8 Å². The smallest absolute Gasteiger partial charge is 0.303 e. The Balaban J connectivity index is 2.62. The van der Waals surface area contributed by atoms with Gasteiger partial charge in [0.15, 0.2) is 0 Å². The lowest BCUT2D eigenvalue weighted by Gasteiger charge is -2.21. The van der Waals surface area contributed by atoms with Crippen molar-refractivity contribution < 1.29 is 19.4 Å². The van der Waals surface area contributed by atoms with Crippen LogP contribution in [0, 0.1) is 0 Å².